The Kier molecular flexibility index (Phi) is 27.9. The molecule has 4 atom stereocenters. The standard InChI is InChI=1S/C33H44FN7O3S.C33H47FN6O3S.4CH3.Al.ClH.Mg/c1-23-20-39(33(21-35)11-15-38(16-12-33)32(42)30-24(2)36-22-37-25(30)3)17-18-41(23)31(27-5-4-6-28(34)19-27)26-9-13-40(14-10-26)45(43,44)29-7-8-29;1-23-21-38(33(4)12-16-37(17-13-33)32(41)30-24(2)35-22-36-25(30)3)18-19-40(23)31(27-6-5-7-28(34)20-27)26-10-14-39(15-11-26)44(42,43)29-8-9-29;;;;;;;/h4-6,19,22-23,26,29,31H,7-18,20H2,1-3H3;5-7,20,22-23,26,29,31H,8-19,21H2,1-4H3;4*1H3;;1H;/q;;;;;-1;;;+2/p-1/t2*23-,31?;;;;;;;/m00......./s1. The number of nitriles is 1. The fourth-order valence-electron chi connectivity index (χ4n) is 15.8. The van der Waals surface area contributed by atoms with Crippen LogP contribution in [0.5, 0.6) is 0 Å². The predicted octanol–water partition coefficient (Wildman–Crippen LogP) is 6.31. The van der Waals surface area contributed by atoms with Crippen molar-refractivity contribution in [3.8, 4) is 6.07 Å². The van der Waals surface area contributed by atoms with Crippen LogP contribution >= 0.6 is 0 Å². The summed E-state index contributed by atoms with van der Waals surface area (Å²) in [6.45, 7) is 23.4. The van der Waals surface area contributed by atoms with Gasteiger partial charge in [0.15, 0.2) is 0 Å². The van der Waals surface area contributed by atoms with Crippen LogP contribution in [0.3, 0.4) is 0 Å². The van der Waals surface area contributed by atoms with E-state index in [9.17, 15) is 40.5 Å². The predicted molar refractivity (Wildman–Crippen MR) is 372 cm³/mol. The summed E-state index contributed by atoms with van der Waals surface area (Å²) < 4.78 is 84.0. The monoisotopic (exact) mass is 1410 g/mol. The average Bonchev–Trinajstić information content (AvgIpc) is 1.09. The molecule has 2 aliphatic carbocycles. The maximum Gasteiger partial charge on any atom is 2.00 e. The molecule has 8 fully saturated rings. The summed E-state index contributed by atoms with van der Waals surface area (Å²) in [5, 5.41) is 10.1. The molecule has 2 unspecified atom stereocenters. The number of hydrogen-bond acceptors (Lipinski definition) is 15. The van der Waals surface area contributed by atoms with Crippen LogP contribution in [-0.4, -0.2) is 249 Å². The molecule has 0 radical (unpaired) electrons. The number of halogens is 3. The van der Waals surface area contributed by atoms with Crippen molar-refractivity contribution in [1.29, 1.82) is 5.26 Å². The molecule has 6 saturated heterocycles. The number of carbonyl (C=O) groups excluding carboxylic acids is 2. The van der Waals surface area contributed by atoms with Gasteiger partial charge in [0.2, 0.25) is 20.0 Å². The van der Waals surface area contributed by atoms with E-state index in [-0.39, 0.29) is 133 Å². The Balaban J connectivity index is 0.000000249. The van der Waals surface area contributed by atoms with Crippen molar-refractivity contribution in [2.24, 2.45) is 11.8 Å². The average molecular weight is 1410 g/mol. The van der Waals surface area contributed by atoms with Crippen molar-refractivity contribution in [1.82, 2.24) is 57.9 Å². The number of sulfonamides is 2. The second-order valence-corrected chi connectivity index (χ2v) is 36.7. The Hall–Kier alpha value is -3.86. The van der Waals surface area contributed by atoms with Gasteiger partial charge in [-0.15, -0.1) is 17.4 Å². The number of amides is 2. The summed E-state index contributed by atoms with van der Waals surface area (Å²) in [5.41, 5.74) is 5.19. The molecule has 6 aliphatic heterocycles. The number of rotatable bonds is 14. The zero-order chi connectivity index (χ0) is 66.7. The van der Waals surface area contributed by atoms with E-state index in [4.69, 9.17) is 0 Å². The van der Waals surface area contributed by atoms with Gasteiger partial charge in [0.1, 0.15) is 29.8 Å². The molecule has 4 aromatic rings. The van der Waals surface area contributed by atoms with Gasteiger partial charge in [-0.05, 0) is 173 Å². The largest absolute Gasteiger partial charge is 2.00 e. The van der Waals surface area contributed by atoms with Gasteiger partial charge in [0, 0.05) is 121 Å². The van der Waals surface area contributed by atoms with Gasteiger partial charge in [0.25, 0.3) is 26.0 Å². The number of aryl methyl sites for hydroxylation is 4. The summed E-state index contributed by atoms with van der Waals surface area (Å²) in [6, 6.07) is 16.8. The quantitative estimate of drug-likeness (QED) is 0.100. The zero-order valence-electron chi connectivity index (χ0n) is 58.8. The number of likely N-dealkylation sites (tertiary alicyclic amines) is 2. The first-order valence-electron chi connectivity index (χ1n) is 34.3. The molecule has 26 heteroatoms. The first-order chi connectivity index (χ1) is 44.2. The Morgan fingerprint density at radius 1 is 0.562 bits per heavy atom. The normalized spacial score (nSPS) is 23.4. The van der Waals surface area contributed by atoms with Gasteiger partial charge in [-0.2, -0.15) is 5.26 Å². The third-order valence-corrected chi connectivity index (χ3v) is 26.2. The molecule has 0 bridgehead atoms. The van der Waals surface area contributed by atoms with Crippen LogP contribution in [-0.2, 0) is 20.0 Å². The number of aromatic nitrogens is 4. The molecule has 12 rings (SSSR count). The van der Waals surface area contributed by atoms with Crippen molar-refractivity contribution in [3.63, 3.8) is 0 Å². The fourth-order valence-corrected chi connectivity index (χ4v) is 19.5. The third-order valence-electron chi connectivity index (χ3n) is 21.4. The molecule has 522 valence electrons. The number of nitrogens with zero attached hydrogens (tertiary/aromatic N) is 13. The molecule has 19 nitrogen and oxygen atoms in total. The smallest absolute Gasteiger partial charge is 1.00 e. The maximum absolute atomic E-state index is 14.5. The van der Waals surface area contributed by atoms with E-state index in [1.165, 1.54) is 24.8 Å². The molecule has 0 N–H and O–H groups in total. The Morgan fingerprint density at radius 2 is 0.906 bits per heavy atom. The van der Waals surface area contributed by atoms with Crippen molar-refractivity contribution in [2.75, 3.05) is 91.6 Å². The van der Waals surface area contributed by atoms with Crippen LogP contribution in [0, 0.1) is 69.9 Å². The van der Waals surface area contributed by atoms with E-state index in [1.54, 1.807) is 32.9 Å². The summed E-state index contributed by atoms with van der Waals surface area (Å²) in [6.07, 6.45) is 12.0. The van der Waals surface area contributed by atoms with Gasteiger partial charge < -0.3 is 29.6 Å². The van der Waals surface area contributed by atoms with Crippen molar-refractivity contribution >= 4 is 69.1 Å². The van der Waals surface area contributed by atoms with Crippen LogP contribution in [0.15, 0.2) is 61.2 Å². The van der Waals surface area contributed by atoms with Crippen molar-refractivity contribution in [2.45, 2.75) is 189 Å². The third kappa shape index (κ3) is 18.1. The Bertz CT molecular complexity index is 3520. The molecular weight excluding hydrogens is 1310 g/mol. The molecule has 8 heterocycles. The van der Waals surface area contributed by atoms with Crippen LogP contribution in [0.1, 0.15) is 165 Å². The van der Waals surface area contributed by atoms with E-state index in [0.717, 1.165) is 113 Å². The number of carbonyl (C=O) groups is 2. The molecule has 2 aromatic carbocycles. The SMILES string of the molecule is Cc1ncnc(C)c1C(=O)N1CCC(C#N)(N2CCN(C(c3cccc(F)c3)C3CCN(S(=O)(=O)C4CC4)CC3)[C@@H](C)C2)CC1.Cc1ncnc(C)c1C(=O)N1CCC(C)(N2CCN(C(c3cccc(F)c3)C3CCN(S(=O)(=O)C4CC4)CC3)[C@@H](C)C2)CC1.[CH3-].[CH3][Al]([CH3])[CH3].[Cl-].[Mg+2]. The Morgan fingerprint density at radius 3 is 1.24 bits per heavy atom. The molecule has 2 aromatic heterocycles. The van der Waals surface area contributed by atoms with Crippen LogP contribution in [0.25, 0.3) is 0 Å². The summed E-state index contributed by atoms with van der Waals surface area (Å²) >= 11 is -0.139. The van der Waals surface area contributed by atoms with Gasteiger partial charge in [-0.25, -0.2) is 54.2 Å². The first kappa shape index (κ1) is 79.5. The van der Waals surface area contributed by atoms with E-state index in [1.807, 2.05) is 49.6 Å². The van der Waals surface area contributed by atoms with E-state index in [0.29, 0.717) is 101 Å². The number of hydrogen-bond donors (Lipinski definition) is 0. The minimum atomic E-state index is -3.21. The van der Waals surface area contributed by atoms with E-state index in [2.05, 4.69) is 83.7 Å². The fraction of sp³-hybridized carbons (Fsp3) is 0.657. The van der Waals surface area contributed by atoms with Crippen molar-refractivity contribution < 1.29 is 47.6 Å². The van der Waals surface area contributed by atoms with Crippen LogP contribution in [0.4, 0.5) is 8.78 Å². The molecule has 0 spiro atoms. The molecular formula is C70H103AlClF2MgN13O6S2. The minimum absolute atomic E-state index is 0. The molecule has 2 saturated carbocycles. The molecule has 2 amide bonds. The van der Waals surface area contributed by atoms with Gasteiger partial charge in [0.05, 0.1) is 50.5 Å². The van der Waals surface area contributed by atoms with Crippen molar-refractivity contribution in [3.05, 3.63) is 125 Å². The molecule has 96 heavy (non-hydrogen) atoms. The molecule has 8 aliphatic rings. The minimum Gasteiger partial charge on any atom is -1.00 e. The van der Waals surface area contributed by atoms with E-state index >= 15 is 0 Å². The topological polar surface area (TPSA) is 204 Å². The van der Waals surface area contributed by atoms with Gasteiger partial charge in [-0.1, -0.05) is 24.3 Å². The number of piperazine rings is 2. The van der Waals surface area contributed by atoms with Crippen LogP contribution in [0.2, 0.25) is 17.4 Å². The summed E-state index contributed by atoms with van der Waals surface area (Å²) in [7, 11) is -6.39. The Labute approximate surface area is 599 Å². The zero-order valence-corrected chi connectivity index (χ0v) is 63.7. The first-order valence-corrected chi connectivity index (χ1v) is 40.8. The van der Waals surface area contributed by atoms with Crippen LogP contribution < -0.4 is 12.4 Å². The van der Waals surface area contributed by atoms with Gasteiger partial charge in [-0.3, -0.25) is 29.2 Å². The van der Waals surface area contributed by atoms with E-state index < -0.39 is 25.6 Å². The van der Waals surface area contributed by atoms with Gasteiger partial charge >= 0.3 is 23.1 Å². The maximum atomic E-state index is 14.5. The second kappa shape index (κ2) is 33.7. The summed E-state index contributed by atoms with van der Waals surface area (Å²) in [4.78, 5) is 57.4. The summed E-state index contributed by atoms with van der Waals surface area (Å²) in [5.74, 6) is 6.82. The number of piperidine rings is 4. The number of benzene rings is 2. The second-order valence-electron chi connectivity index (χ2n) is 28.8.